The van der Waals surface area contributed by atoms with E-state index in [9.17, 15) is 0 Å². The summed E-state index contributed by atoms with van der Waals surface area (Å²) in [6.07, 6.45) is 0. The zero-order chi connectivity index (χ0) is 18.4. The minimum atomic E-state index is 0.777. The summed E-state index contributed by atoms with van der Waals surface area (Å²) < 4.78 is 3.76. The number of thiophene rings is 1. The molecule has 130 valence electrons. The van der Waals surface area contributed by atoms with E-state index in [1.54, 1.807) is 0 Å². The highest BCUT2D eigenvalue weighted by Crippen LogP contribution is 2.43. The summed E-state index contributed by atoms with van der Waals surface area (Å²) in [5, 5.41) is 3.36. The normalized spacial score (nSPS) is 11.3. The van der Waals surface area contributed by atoms with Gasteiger partial charge in [-0.2, -0.15) is 0 Å². The van der Waals surface area contributed by atoms with Crippen LogP contribution in [0.3, 0.4) is 0 Å². The molecular formula is C24H14BrClS. The van der Waals surface area contributed by atoms with Crippen LogP contribution in [0.2, 0.25) is 5.02 Å². The molecule has 0 saturated heterocycles. The number of fused-ring (bicyclic) bond motifs is 3. The molecule has 0 amide bonds. The van der Waals surface area contributed by atoms with Gasteiger partial charge < -0.3 is 0 Å². The smallest absolute Gasteiger partial charge is 0.0484 e. The number of rotatable bonds is 2. The average molecular weight is 450 g/mol. The fourth-order valence-electron chi connectivity index (χ4n) is 3.58. The van der Waals surface area contributed by atoms with E-state index in [2.05, 4.69) is 82.7 Å². The van der Waals surface area contributed by atoms with Crippen LogP contribution in [0.4, 0.5) is 0 Å². The van der Waals surface area contributed by atoms with E-state index in [0.717, 1.165) is 20.6 Å². The quantitative estimate of drug-likeness (QED) is 0.252. The van der Waals surface area contributed by atoms with Crippen molar-refractivity contribution in [1.29, 1.82) is 0 Å². The van der Waals surface area contributed by atoms with E-state index in [4.69, 9.17) is 11.6 Å². The fourth-order valence-corrected chi connectivity index (χ4v) is 5.80. The van der Waals surface area contributed by atoms with Crippen LogP contribution in [0.5, 0.6) is 0 Å². The fraction of sp³-hybridized carbons (Fsp3) is 0. The molecule has 5 aromatic rings. The van der Waals surface area contributed by atoms with Crippen LogP contribution in [0.25, 0.3) is 42.4 Å². The second-order valence-corrected chi connectivity index (χ2v) is 8.77. The molecule has 27 heavy (non-hydrogen) atoms. The molecule has 1 aromatic heterocycles. The van der Waals surface area contributed by atoms with Crippen molar-refractivity contribution in [1.82, 2.24) is 0 Å². The van der Waals surface area contributed by atoms with Gasteiger partial charge in [0.25, 0.3) is 0 Å². The Labute approximate surface area is 175 Å². The van der Waals surface area contributed by atoms with Crippen molar-refractivity contribution in [3.8, 4) is 22.3 Å². The van der Waals surface area contributed by atoms with Crippen LogP contribution < -0.4 is 0 Å². The van der Waals surface area contributed by atoms with Crippen molar-refractivity contribution < 1.29 is 0 Å². The van der Waals surface area contributed by atoms with Gasteiger partial charge in [0.2, 0.25) is 0 Å². The molecule has 0 N–H and O–H groups in total. The van der Waals surface area contributed by atoms with E-state index in [1.165, 1.54) is 31.3 Å². The third-order valence-corrected chi connectivity index (χ3v) is 7.02. The molecule has 0 bridgehead atoms. The van der Waals surface area contributed by atoms with Gasteiger partial charge in [0, 0.05) is 35.2 Å². The van der Waals surface area contributed by atoms with Crippen molar-refractivity contribution in [2.45, 2.75) is 0 Å². The Morgan fingerprint density at radius 3 is 2.26 bits per heavy atom. The molecule has 0 radical (unpaired) electrons. The Morgan fingerprint density at radius 2 is 1.41 bits per heavy atom. The van der Waals surface area contributed by atoms with Crippen LogP contribution in [0.1, 0.15) is 0 Å². The van der Waals surface area contributed by atoms with Crippen molar-refractivity contribution >= 4 is 59.0 Å². The lowest BCUT2D eigenvalue weighted by Crippen LogP contribution is -1.83. The van der Waals surface area contributed by atoms with Crippen molar-refractivity contribution in [2.24, 2.45) is 0 Å². The van der Waals surface area contributed by atoms with Gasteiger partial charge >= 0.3 is 0 Å². The van der Waals surface area contributed by atoms with E-state index in [-0.39, 0.29) is 0 Å². The summed E-state index contributed by atoms with van der Waals surface area (Å²) in [5.74, 6) is 0. The molecule has 0 aliphatic rings. The maximum atomic E-state index is 6.42. The van der Waals surface area contributed by atoms with Gasteiger partial charge in [-0.1, -0.05) is 88.2 Å². The first-order chi connectivity index (χ1) is 13.2. The maximum absolute atomic E-state index is 6.42. The van der Waals surface area contributed by atoms with Crippen LogP contribution in [0, 0.1) is 0 Å². The minimum Gasteiger partial charge on any atom is -0.134 e. The van der Waals surface area contributed by atoms with Crippen LogP contribution in [-0.2, 0) is 0 Å². The Bertz CT molecular complexity index is 1300. The van der Waals surface area contributed by atoms with Gasteiger partial charge in [-0.05, 0) is 41.0 Å². The molecule has 0 aliphatic heterocycles. The van der Waals surface area contributed by atoms with Gasteiger partial charge in [-0.15, -0.1) is 11.3 Å². The van der Waals surface area contributed by atoms with Crippen LogP contribution in [-0.4, -0.2) is 0 Å². The van der Waals surface area contributed by atoms with Gasteiger partial charge in [-0.3, -0.25) is 0 Å². The molecule has 0 fully saturated rings. The third kappa shape index (κ3) is 2.89. The zero-order valence-corrected chi connectivity index (χ0v) is 17.4. The first-order valence-electron chi connectivity index (χ1n) is 8.67. The third-order valence-electron chi connectivity index (χ3n) is 4.83. The maximum Gasteiger partial charge on any atom is 0.0484 e. The number of benzene rings is 4. The summed E-state index contributed by atoms with van der Waals surface area (Å²) in [6.45, 7) is 0. The predicted molar refractivity (Wildman–Crippen MR) is 123 cm³/mol. The summed E-state index contributed by atoms with van der Waals surface area (Å²) in [5.41, 5.74) is 4.67. The first kappa shape index (κ1) is 17.0. The summed E-state index contributed by atoms with van der Waals surface area (Å²) in [6, 6.07) is 29.6. The van der Waals surface area contributed by atoms with Gasteiger partial charge in [0.15, 0.2) is 0 Å². The lowest BCUT2D eigenvalue weighted by molar-refractivity contribution is 1.61. The predicted octanol–water partition coefficient (Wildman–Crippen LogP) is 8.80. The SMILES string of the molecule is Clc1ccccc1-c1cccc(-c2cccc3c2sc2cccc(Br)c23)c1. The molecule has 1 heterocycles. The molecule has 4 aromatic carbocycles. The molecule has 3 heteroatoms. The Balaban J connectivity index is 1.75. The topological polar surface area (TPSA) is 0 Å². The highest BCUT2D eigenvalue weighted by atomic mass is 79.9. The van der Waals surface area contributed by atoms with Crippen LogP contribution in [0.15, 0.2) is 89.4 Å². The molecule has 5 rings (SSSR count). The van der Waals surface area contributed by atoms with E-state index in [1.807, 2.05) is 29.5 Å². The van der Waals surface area contributed by atoms with Gasteiger partial charge in [0.05, 0.1) is 0 Å². The minimum absolute atomic E-state index is 0.777. The second kappa shape index (κ2) is 6.79. The first-order valence-corrected chi connectivity index (χ1v) is 10.7. The monoisotopic (exact) mass is 448 g/mol. The van der Waals surface area contributed by atoms with E-state index < -0.39 is 0 Å². The van der Waals surface area contributed by atoms with E-state index in [0.29, 0.717) is 0 Å². The van der Waals surface area contributed by atoms with Crippen molar-refractivity contribution in [3.63, 3.8) is 0 Å². The molecule has 0 unspecified atom stereocenters. The Kier molecular flexibility index (Phi) is 4.28. The highest BCUT2D eigenvalue weighted by molar-refractivity contribution is 9.10. The molecule has 0 aliphatic carbocycles. The second-order valence-electron chi connectivity index (χ2n) is 6.46. The summed E-state index contributed by atoms with van der Waals surface area (Å²) in [7, 11) is 0. The molecule has 0 nitrogen and oxygen atoms in total. The lowest BCUT2D eigenvalue weighted by Gasteiger charge is -2.08. The molecule has 0 spiro atoms. The molecular weight excluding hydrogens is 436 g/mol. The molecule has 0 saturated carbocycles. The van der Waals surface area contributed by atoms with Crippen molar-refractivity contribution in [2.75, 3.05) is 0 Å². The average Bonchev–Trinajstić information content (AvgIpc) is 3.08. The van der Waals surface area contributed by atoms with Gasteiger partial charge in [-0.25, -0.2) is 0 Å². The number of hydrogen-bond acceptors (Lipinski definition) is 1. The van der Waals surface area contributed by atoms with Gasteiger partial charge in [0.1, 0.15) is 0 Å². The van der Waals surface area contributed by atoms with E-state index >= 15 is 0 Å². The Hall–Kier alpha value is -2.13. The standard InChI is InChI=1S/C24H14BrClS/c25-20-11-5-13-22-23(20)19-10-4-9-18(24(19)27-22)16-7-3-6-15(14-16)17-8-1-2-12-21(17)26/h1-14H. The number of halogens is 2. The van der Waals surface area contributed by atoms with Crippen molar-refractivity contribution in [3.05, 3.63) is 94.4 Å². The Morgan fingerprint density at radius 1 is 0.704 bits per heavy atom. The zero-order valence-electron chi connectivity index (χ0n) is 14.2. The molecule has 0 atom stereocenters. The summed E-state index contributed by atoms with van der Waals surface area (Å²) in [4.78, 5) is 0. The largest absolute Gasteiger partial charge is 0.134 e. The number of hydrogen-bond donors (Lipinski definition) is 0. The highest BCUT2D eigenvalue weighted by Gasteiger charge is 2.13. The summed E-state index contributed by atoms with van der Waals surface area (Å²) >= 11 is 12.0. The van der Waals surface area contributed by atoms with Crippen LogP contribution >= 0.6 is 38.9 Å². The lowest BCUT2D eigenvalue weighted by atomic mass is 9.98.